The van der Waals surface area contributed by atoms with Crippen molar-refractivity contribution in [2.24, 2.45) is 5.92 Å². The molecule has 2 rings (SSSR count). The van der Waals surface area contributed by atoms with Gasteiger partial charge in [0.15, 0.2) is 0 Å². The zero-order chi connectivity index (χ0) is 17.7. The van der Waals surface area contributed by atoms with Crippen molar-refractivity contribution < 1.29 is 19.1 Å². The van der Waals surface area contributed by atoms with Gasteiger partial charge in [0.2, 0.25) is 11.8 Å². The fourth-order valence-electron chi connectivity index (χ4n) is 2.71. The minimum Gasteiger partial charge on any atom is -0.465 e. The fourth-order valence-corrected chi connectivity index (χ4v) is 2.71. The predicted molar refractivity (Wildman–Crippen MR) is 90.2 cm³/mol. The lowest BCUT2D eigenvalue weighted by atomic mass is 9.99. The molecule has 1 unspecified atom stereocenters. The molecule has 1 N–H and O–H groups in total. The summed E-state index contributed by atoms with van der Waals surface area (Å²) in [7, 11) is 1.33. The van der Waals surface area contributed by atoms with Crippen molar-refractivity contribution in [3.63, 3.8) is 0 Å². The molecule has 0 aromatic heterocycles. The smallest absolute Gasteiger partial charge is 0.337 e. The summed E-state index contributed by atoms with van der Waals surface area (Å²) in [5, 5.41) is 2.79. The number of amides is 2. The third-order valence-electron chi connectivity index (χ3n) is 3.92. The number of nitrogens with zero attached hydrogens (tertiary/aromatic N) is 1. The van der Waals surface area contributed by atoms with E-state index < -0.39 is 12.0 Å². The minimum absolute atomic E-state index is 0.0435. The van der Waals surface area contributed by atoms with E-state index in [0.29, 0.717) is 18.7 Å². The van der Waals surface area contributed by atoms with Crippen LogP contribution in [0.15, 0.2) is 30.3 Å². The molecule has 2 amide bonds. The predicted octanol–water partition coefficient (Wildman–Crippen LogP) is 1.47. The SMILES string of the molecule is COC(=O)c1ccc(/C=C/C(=O)N2CCNC(=O)C2C(C)C)cc1. The summed E-state index contributed by atoms with van der Waals surface area (Å²) >= 11 is 0. The molecule has 0 radical (unpaired) electrons. The Hall–Kier alpha value is -2.63. The van der Waals surface area contributed by atoms with Gasteiger partial charge in [0.05, 0.1) is 12.7 Å². The second-order valence-corrected chi connectivity index (χ2v) is 5.96. The molecule has 6 nitrogen and oxygen atoms in total. The first kappa shape index (κ1) is 17.7. The molecule has 1 saturated heterocycles. The molecular weight excluding hydrogens is 308 g/mol. The summed E-state index contributed by atoms with van der Waals surface area (Å²) in [6.07, 6.45) is 3.13. The van der Waals surface area contributed by atoms with Gasteiger partial charge in [0, 0.05) is 19.2 Å². The van der Waals surface area contributed by atoms with E-state index in [0.717, 1.165) is 5.56 Å². The lowest BCUT2D eigenvalue weighted by Gasteiger charge is -2.36. The van der Waals surface area contributed by atoms with E-state index in [4.69, 9.17) is 0 Å². The number of carbonyl (C=O) groups excluding carboxylic acids is 3. The first-order chi connectivity index (χ1) is 11.4. The first-order valence-corrected chi connectivity index (χ1v) is 7.89. The molecular formula is C18H22N2O4. The lowest BCUT2D eigenvalue weighted by Crippen LogP contribution is -2.58. The number of esters is 1. The van der Waals surface area contributed by atoms with Crippen LogP contribution in [0, 0.1) is 5.92 Å². The lowest BCUT2D eigenvalue weighted by molar-refractivity contribution is -0.141. The van der Waals surface area contributed by atoms with Crippen LogP contribution in [-0.4, -0.2) is 48.9 Å². The summed E-state index contributed by atoms with van der Waals surface area (Å²) in [6.45, 7) is 4.81. The number of rotatable bonds is 4. The summed E-state index contributed by atoms with van der Waals surface area (Å²) < 4.78 is 4.64. The molecule has 1 aliphatic heterocycles. The van der Waals surface area contributed by atoms with E-state index in [1.54, 1.807) is 35.2 Å². The molecule has 1 aromatic carbocycles. The maximum Gasteiger partial charge on any atom is 0.337 e. The maximum atomic E-state index is 12.4. The second-order valence-electron chi connectivity index (χ2n) is 5.96. The van der Waals surface area contributed by atoms with Gasteiger partial charge >= 0.3 is 5.97 Å². The van der Waals surface area contributed by atoms with E-state index in [-0.39, 0.29) is 17.7 Å². The number of piperazine rings is 1. The van der Waals surface area contributed by atoms with Crippen LogP contribution in [0.1, 0.15) is 29.8 Å². The number of benzene rings is 1. The number of ether oxygens (including phenoxy) is 1. The highest BCUT2D eigenvalue weighted by Gasteiger charge is 2.34. The Morgan fingerprint density at radius 1 is 1.29 bits per heavy atom. The molecule has 0 aliphatic carbocycles. The van der Waals surface area contributed by atoms with Crippen LogP contribution in [0.3, 0.4) is 0 Å². The average Bonchev–Trinajstić information content (AvgIpc) is 2.58. The summed E-state index contributed by atoms with van der Waals surface area (Å²) in [5.74, 6) is -0.663. The van der Waals surface area contributed by atoms with Gasteiger partial charge < -0.3 is 15.0 Å². The third-order valence-corrected chi connectivity index (χ3v) is 3.92. The molecule has 6 heteroatoms. The van der Waals surface area contributed by atoms with Crippen LogP contribution in [0.4, 0.5) is 0 Å². The number of hydrogen-bond donors (Lipinski definition) is 1. The monoisotopic (exact) mass is 330 g/mol. The van der Waals surface area contributed by atoms with Gasteiger partial charge in [0.25, 0.3) is 0 Å². The van der Waals surface area contributed by atoms with E-state index >= 15 is 0 Å². The normalized spacial score (nSPS) is 17.9. The van der Waals surface area contributed by atoms with Crippen LogP contribution >= 0.6 is 0 Å². The maximum absolute atomic E-state index is 12.4. The van der Waals surface area contributed by atoms with Crippen molar-refractivity contribution >= 4 is 23.9 Å². The van der Waals surface area contributed by atoms with E-state index in [1.807, 2.05) is 13.8 Å². The van der Waals surface area contributed by atoms with Crippen molar-refractivity contribution in [3.05, 3.63) is 41.5 Å². The van der Waals surface area contributed by atoms with Gasteiger partial charge in [-0.15, -0.1) is 0 Å². The number of hydrogen-bond acceptors (Lipinski definition) is 4. The van der Waals surface area contributed by atoms with E-state index in [1.165, 1.54) is 13.2 Å². The zero-order valence-electron chi connectivity index (χ0n) is 14.1. The minimum atomic E-state index is -0.447. The Bertz CT molecular complexity index is 649. The van der Waals surface area contributed by atoms with Gasteiger partial charge in [-0.3, -0.25) is 9.59 Å². The zero-order valence-corrected chi connectivity index (χ0v) is 14.1. The van der Waals surface area contributed by atoms with Crippen LogP contribution in [0.5, 0.6) is 0 Å². The molecule has 1 fully saturated rings. The van der Waals surface area contributed by atoms with Crippen molar-refractivity contribution in [1.82, 2.24) is 10.2 Å². The molecule has 0 bridgehead atoms. The summed E-state index contributed by atoms with van der Waals surface area (Å²) in [5.41, 5.74) is 1.24. The third kappa shape index (κ3) is 4.01. The van der Waals surface area contributed by atoms with Crippen LogP contribution < -0.4 is 5.32 Å². The molecule has 0 saturated carbocycles. The van der Waals surface area contributed by atoms with Gasteiger partial charge in [-0.25, -0.2) is 4.79 Å². The average molecular weight is 330 g/mol. The molecule has 1 aromatic rings. The Labute approximate surface area is 141 Å². The number of methoxy groups -OCH3 is 1. The number of carbonyl (C=O) groups is 3. The number of nitrogens with one attached hydrogen (secondary N) is 1. The van der Waals surface area contributed by atoms with Crippen molar-refractivity contribution in [2.75, 3.05) is 20.2 Å². The van der Waals surface area contributed by atoms with Gasteiger partial charge in [-0.1, -0.05) is 26.0 Å². The topological polar surface area (TPSA) is 75.7 Å². The molecule has 1 aliphatic rings. The molecule has 0 spiro atoms. The molecule has 1 atom stereocenters. The van der Waals surface area contributed by atoms with E-state index in [9.17, 15) is 14.4 Å². The highest BCUT2D eigenvalue weighted by molar-refractivity contribution is 5.96. The molecule has 24 heavy (non-hydrogen) atoms. The Morgan fingerprint density at radius 3 is 2.54 bits per heavy atom. The summed E-state index contributed by atoms with van der Waals surface area (Å²) in [4.78, 5) is 37.4. The van der Waals surface area contributed by atoms with Crippen molar-refractivity contribution in [2.45, 2.75) is 19.9 Å². The molecule has 128 valence electrons. The Balaban J connectivity index is 2.08. The Kier molecular flexibility index (Phi) is 5.73. The van der Waals surface area contributed by atoms with Crippen LogP contribution in [0.2, 0.25) is 0 Å². The second kappa shape index (κ2) is 7.77. The standard InChI is InChI=1S/C18H22N2O4/c1-12(2)16-17(22)19-10-11-20(16)15(21)9-6-13-4-7-14(8-5-13)18(23)24-3/h4-9,12,16H,10-11H2,1-3H3,(H,19,22)/b9-6+. The first-order valence-electron chi connectivity index (χ1n) is 7.89. The Morgan fingerprint density at radius 2 is 1.96 bits per heavy atom. The van der Waals surface area contributed by atoms with Gasteiger partial charge in [0.1, 0.15) is 6.04 Å². The van der Waals surface area contributed by atoms with Crippen LogP contribution in [-0.2, 0) is 14.3 Å². The van der Waals surface area contributed by atoms with Crippen molar-refractivity contribution in [1.29, 1.82) is 0 Å². The quantitative estimate of drug-likeness (QED) is 0.670. The van der Waals surface area contributed by atoms with E-state index in [2.05, 4.69) is 10.1 Å². The largest absolute Gasteiger partial charge is 0.465 e. The van der Waals surface area contributed by atoms with Crippen molar-refractivity contribution in [3.8, 4) is 0 Å². The van der Waals surface area contributed by atoms with Gasteiger partial charge in [-0.2, -0.15) is 0 Å². The molecule has 1 heterocycles. The van der Waals surface area contributed by atoms with Gasteiger partial charge in [-0.05, 0) is 29.7 Å². The fraction of sp³-hybridized carbons (Fsp3) is 0.389. The van der Waals surface area contributed by atoms with Crippen LogP contribution in [0.25, 0.3) is 6.08 Å². The summed E-state index contributed by atoms with van der Waals surface area (Å²) in [6, 6.07) is 6.30. The highest BCUT2D eigenvalue weighted by Crippen LogP contribution is 2.15. The highest BCUT2D eigenvalue weighted by atomic mass is 16.5.